The molecular weight excluding hydrogens is 354 g/mol. The second-order valence-corrected chi connectivity index (χ2v) is 7.56. The summed E-state index contributed by atoms with van der Waals surface area (Å²) in [7, 11) is 1.91. The largest absolute Gasteiger partial charge is 0.507 e. The molecular formula is C19H19NO5S. The lowest BCUT2D eigenvalue weighted by molar-refractivity contribution is 0.172. The van der Waals surface area contributed by atoms with E-state index in [2.05, 4.69) is 0 Å². The standard InChI is InChI=1S/C19H19NO5S/c1-20-5-4-10(11(20)9-21)17-12(22)7-13(23)18-14(24)8-15(25-19(17)18)16-3-2-6-26-16/h2-3,6-8,10-11,21-23H,4-5,9H2,1H3/t10-,11+/m0/s1. The van der Waals surface area contributed by atoms with Crippen molar-refractivity contribution in [2.24, 2.45) is 0 Å². The molecule has 0 saturated carbocycles. The van der Waals surface area contributed by atoms with Crippen molar-refractivity contribution < 1.29 is 19.7 Å². The fourth-order valence-corrected chi connectivity index (χ4v) is 4.51. The average molecular weight is 373 g/mol. The molecule has 0 bridgehead atoms. The first-order valence-corrected chi connectivity index (χ1v) is 9.27. The van der Waals surface area contributed by atoms with Crippen LogP contribution in [-0.2, 0) is 0 Å². The molecule has 2 aromatic heterocycles. The van der Waals surface area contributed by atoms with Crippen LogP contribution in [0.5, 0.6) is 11.5 Å². The predicted octanol–water partition coefficient (Wildman–Crippen LogP) is 2.71. The first-order valence-electron chi connectivity index (χ1n) is 8.39. The quantitative estimate of drug-likeness (QED) is 0.654. The van der Waals surface area contributed by atoms with Gasteiger partial charge in [-0.3, -0.25) is 4.79 Å². The van der Waals surface area contributed by atoms with Crippen LogP contribution in [0.1, 0.15) is 17.9 Å². The van der Waals surface area contributed by atoms with Crippen molar-refractivity contribution in [2.45, 2.75) is 18.4 Å². The van der Waals surface area contributed by atoms with E-state index < -0.39 is 0 Å². The number of nitrogens with zero attached hydrogens (tertiary/aromatic N) is 1. The van der Waals surface area contributed by atoms with Crippen molar-refractivity contribution in [3.8, 4) is 22.1 Å². The normalized spacial score (nSPS) is 20.8. The van der Waals surface area contributed by atoms with Gasteiger partial charge in [0.25, 0.3) is 0 Å². The molecule has 6 nitrogen and oxygen atoms in total. The summed E-state index contributed by atoms with van der Waals surface area (Å²) in [6.45, 7) is 0.685. The van der Waals surface area contributed by atoms with Crippen LogP contribution in [0.4, 0.5) is 0 Å². The van der Waals surface area contributed by atoms with E-state index in [0.717, 1.165) is 11.4 Å². The fourth-order valence-electron chi connectivity index (χ4n) is 3.83. The minimum Gasteiger partial charge on any atom is -0.507 e. The van der Waals surface area contributed by atoms with Crippen LogP contribution in [-0.4, -0.2) is 46.5 Å². The number of aromatic hydroxyl groups is 2. The van der Waals surface area contributed by atoms with Gasteiger partial charge in [0, 0.05) is 29.7 Å². The summed E-state index contributed by atoms with van der Waals surface area (Å²) < 4.78 is 6.01. The second kappa shape index (κ2) is 6.42. The Morgan fingerprint density at radius 2 is 2.12 bits per heavy atom. The third kappa shape index (κ3) is 2.59. The van der Waals surface area contributed by atoms with Crippen LogP contribution in [0.2, 0.25) is 0 Å². The number of fused-ring (bicyclic) bond motifs is 1. The molecule has 26 heavy (non-hydrogen) atoms. The SMILES string of the molecule is CN1CC[C@H](c2c(O)cc(O)c3c(=O)cc(-c4cccs4)oc23)[C@H]1CO. The van der Waals surface area contributed by atoms with Gasteiger partial charge in [-0.15, -0.1) is 11.3 Å². The number of hydrogen-bond donors (Lipinski definition) is 3. The highest BCUT2D eigenvalue weighted by molar-refractivity contribution is 7.13. The molecule has 3 N–H and O–H groups in total. The number of benzene rings is 1. The maximum Gasteiger partial charge on any atom is 0.197 e. The van der Waals surface area contributed by atoms with Crippen LogP contribution < -0.4 is 5.43 Å². The lowest BCUT2D eigenvalue weighted by atomic mass is 9.89. The molecule has 0 amide bonds. The monoisotopic (exact) mass is 373 g/mol. The summed E-state index contributed by atoms with van der Waals surface area (Å²) in [5.74, 6) is -0.231. The highest BCUT2D eigenvalue weighted by atomic mass is 32.1. The van der Waals surface area contributed by atoms with Crippen LogP contribution in [0.25, 0.3) is 21.6 Å². The number of phenols is 2. The van der Waals surface area contributed by atoms with Crippen LogP contribution in [0, 0.1) is 0 Å². The van der Waals surface area contributed by atoms with E-state index in [4.69, 9.17) is 4.42 Å². The molecule has 0 spiro atoms. The lowest BCUT2D eigenvalue weighted by Gasteiger charge is -2.24. The van der Waals surface area contributed by atoms with Crippen molar-refractivity contribution in [1.82, 2.24) is 4.90 Å². The van der Waals surface area contributed by atoms with Gasteiger partial charge in [0.05, 0.1) is 11.5 Å². The minimum absolute atomic E-state index is 0.0596. The second-order valence-electron chi connectivity index (χ2n) is 6.61. The van der Waals surface area contributed by atoms with Crippen LogP contribution in [0.15, 0.2) is 38.9 Å². The Labute approximate surface area is 153 Å². The fraction of sp³-hybridized carbons (Fsp3) is 0.316. The van der Waals surface area contributed by atoms with Gasteiger partial charge >= 0.3 is 0 Å². The number of thiophene rings is 1. The molecule has 1 saturated heterocycles. The zero-order valence-electron chi connectivity index (χ0n) is 14.2. The van der Waals surface area contributed by atoms with Gasteiger partial charge < -0.3 is 24.6 Å². The molecule has 0 aliphatic carbocycles. The maximum absolute atomic E-state index is 12.7. The number of aliphatic hydroxyl groups is 1. The third-order valence-corrected chi connectivity index (χ3v) is 6.03. The molecule has 3 heterocycles. The summed E-state index contributed by atoms with van der Waals surface area (Å²) in [5, 5.41) is 32.5. The Hall–Kier alpha value is -2.35. The summed E-state index contributed by atoms with van der Waals surface area (Å²) in [6.07, 6.45) is 0.710. The maximum atomic E-state index is 12.7. The predicted molar refractivity (Wildman–Crippen MR) is 100.0 cm³/mol. The Kier molecular flexibility index (Phi) is 4.22. The molecule has 1 aromatic carbocycles. The minimum atomic E-state index is -0.361. The molecule has 3 aromatic rings. The molecule has 0 unspecified atom stereocenters. The van der Waals surface area contributed by atoms with Crippen molar-refractivity contribution in [3.05, 3.63) is 45.4 Å². The molecule has 0 radical (unpaired) electrons. The summed E-state index contributed by atoms with van der Waals surface area (Å²) in [5.41, 5.74) is 0.300. The van der Waals surface area contributed by atoms with Crippen molar-refractivity contribution in [3.63, 3.8) is 0 Å². The molecule has 7 heteroatoms. The summed E-state index contributed by atoms with van der Waals surface area (Å²) >= 11 is 1.44. The third-order valence-electron chi connectivity index (χ3n) is 5.14. The van der Waals surface area contributed by atoms with E-state index in [1.807, 2.05) is 29.5 Å². The zero-order valence-corrected chi connectivity index (χ0v) is 15.0. The van der Waals surface area contributed by atoms with Crippen molar-refractivity contribution in [2.75, 3.05) is 20.2 Å². The van der Waals surface area contributed by atoms with Gasteiger partial charge in [0.15, 0.2) is 5.43 Å². The lowest BCUT2D eigenvalue weighted by Crippen LogP contribution is -2.32. The topological polar surface area (TPSA) is 94.1 Å². The van der Waals surface area contributed by atoms with Gasteiger partial charge in [-0.2, -0.15) is 0 Å². The van der Waals surface area contributed by atoms with E-state index >= 15 is 0 Å². The van der Waals surface area contributed by atoms with E-state index in [0.29, 0.717) is 17.7 Å². The van der Waals surface area contributed by atoms with Crippen molar-refractivity contribution >= 4 is 22.3 Å². The van der Waals surface area contributed by atoms with Gasteiger partial charge in [0.2, 0.25) is 0 Å². The first kappa shape index (κ1) is 17.1. The van der Waals surface area contributed by atoms with E-state index in [1.54, 1.807) is 0 Å². The Morgan fingerprint density at radius 3 is 2.81 bits per heavy atom. The van der Waals surface area contributed by atoms with Gasteiger partial charge in [-0.25, -0.2) is 0 Å². The summed E-state index contributed by atoms with van der Waals surface area (Å²) in [6, 6.07) is 6.06. The van der Waals surface area contributed by atoms with Gasteiger partial charge in [-0.05, 0) is 31.5 Å². The highest BCUT2D eigenvalue weighted by Crippen LogP contribution is 2.44. The van der Waals surface area contributed by atoms with Crippen molar-refractivity contribution in [1.29, 1.82) is 0 Å². The molecule has 4 rings (SSSR count). The average Bonchev–Trinajstić information content (AvgIpc) is 3.24. The number of aliphatic hydroxyl groups excluding tert-OH is 1. The molecule has 2 atom stereocenters. The van der Waals surface area contributed by atoms with Gasteiger partial charge in [-0.1, -0.05) is 6.07 Å². The van der Waals surface area contributed by atoms with E-state index in [9.17, 15) is 20.1 Å². The molecule has 1 aliphatic heterocycles. The Bertz CT molecular complexity index is 1010. The molecule has 136 valence electrons. The van der Waals surface area contributed by atoms with Crippen LogP contribution in [0.3, 0.4) is 0 Å². The number of rotatable bonds is 3. The van der Waals surface area contributed by atoms with Gasteiger partial charge in [0.1, 0.15) is 28.2 Å². The number of likely N-dealkylation sites (tertiary alicyclic amines) is 1. The number of hydrogen-bond acceptors (Lipinski definition) is 7. The summed E-state index contributed by atoms with van der Waals surface area (Å²) in [4.78, 5) is 15.5. The first-order chi connectivity index (χ1) is 12.5. The zero-order chi connectivity index (χ0) is 18.4. The highest BCUT2D eigenvalue weighted by Gasteiger charge is 2.36. The number of likely N-dealkylation sites (N-methyl/N-ethyl adjacent to an activating group) is 1. The van der Waals surface area contributed by atoms with E-state index in [1.165, 1.54) is 23.5 Å². The van der Waals surface area contributed by atoms with E-state index in [-0.39, 0.29) is 46.5 Å². The molecule has 1 aliphatic rings. The number of phenolic OH excluding ortho intramolecular Hbond substituents is 2. The van der Waals surface area contributed by atoms with Crippen LogP contribution >= 0.6 is 11.3 Å². The molecule has 1 fully saturated rings. The Morgan fingerprint density at radius 1 is 1.31 bits per heavy atom. The Balaban J connectivity index is 2.02. The smallest absolute Gasteiger partial charge is 0.197 e.